The van der Waals surface area contributed by atoms with Crippen LogP contribution in [0.2, 0.25) is 0 Å². The summed E-state index contributed by atoms with van der Waals surface area (Å²) in [6, 6.07) is 24.5. The molecule has 2 N–H and O–H groups in total. The van der Waals surface area contributed by atoms with Gasteiger partial charge >= 0.3 is 0 Å². The van der Waals surface area contributed by atoms with Crippen LogP contribution in [0.15, 0.2) is 84.0 Å². The first-order valence-electron chi connectivity index (χ1n) is 9.41. The molecule has 29 heavy (non-hydrogen) atoms. The summed E-state index contributed by atoms with van der Waals surface area (Å²) >= 11 is 0. The number of hydrogen-bond acceptors (Lipinski definition) is 3. The monoisotopic (exact) mass is 502 g/mol. The largest absolute Gasteiger partial charge is 0.375 e. The fourth-order valence-corrected chi connectivity index (χ4v) is 2.79. The molecule has 0 amide bonds. The van der Waals surface area contributed by atoms with Gasteiger partial charge in [0.15, 0.2) is 5.96 Å². The van der Waals surface area contributed by atoms with E-state index in [1.807, 2.05) is 42.6 Å². The molecule has 5 nitrogen and oxygen atoms in total. The van der Waals surface area contributed by atoms with Gasteiger partial charge in [-0.15, -0.1) is 24.0 Å². The Morgan fingerprint density at radius 2 is 1.72 bits per heavy atom. The van der Waals surface area contributed by atoms with Crippen molar-refractivity contribution < 1.29 is 4.74 Å². The zero-order chi connectivity index (χ0) is 19.4. The fraction of sp³-hybridized carbons (Fsp3) is 0.217. The topological polar surface area (TPSA) is 58.5 Å². The number of benzene rings is 2. The number of guanidine groups is 1. The number of aromatic nitrogens is 1. The molecule has 0 bridgehead atoms. The van der Waals surface area contributed by atoms with Gasteiger partial charge in [0.1, 0.15) is 0 Å². The molecular formula is C23H27IN4O. The Morgan fingerprint density at radius 3 is 2.48 bits per heavy atom. The van der Waals surface area contributed by atoms with E-state index in [0.717, 1.165) is 17.2 Å². The van der Waals surface area contributed by atoms with E-state index in [2.05, 4.69) is 57.0 Å². The van der Waals surface area contributed by atoms with Crippen LogP contribution in [0.1, 0.15) is 11.1 Å². The van der Waals surface area contributed by atoms with E-state index in [1.165, 1.54) is 11.1 Å². The van der Waals surface area contributed by atoms with Gasteiger partial charge in [0, 0.05) is 31.9 Å². The summed E-state index contributed by atoms with van der Waals surface area (Å²) in [5.74, 6) is 0.756. The van der Waals surface area contributed by atoms with E-state index in [9.17, 15) is 0 Å². The van der Waals surface area contributed by atoms with Crippen molar-refractivity contribution in [3.05, 3.63) is 90.1 Å². The predicted octanol–water partition coefficient (Wildman–Crippen LogP) is 4.25. The maximum atomic E-state index is 5.69. The highest BCUT2D eigenvalue weighted by molar-refractivity contribution is 14.0. The normalized spacial score (nSPS) is 10.9. The standard InChI is InChI=1S/C23H26N4O.HI/c1-24-23(26-14-15-28-18-19-8-3-2-4-9-19)27-17-20-10-7-11-21(16-20)22-12-5-6-13-25-22;/h2-13,16H,14-15,17-18H2,1H3,(H2,24,26,27);1H. The Labute approximate surface area is 189 Å². The van der Waals surface area contributed by atoms with E-state index < -0.39 is 0 Å². The molecule has 0 radical (unpaired) electrons. The van der Waals surface area contributed by atoms with Gasteiger partial charge in [-0.3, -0.25) is 9.98 Å². The van der Waals surface area contributed by atoms with E-state index in [0.29, 0.717) is 26.3 Å². The van der Waals surface area contributed by atoms with Crippen molar-refractivity contribution in [2.45, 2.75) is 13.2 Å². The highest BCUT2D eigenvalue weighted by Crippen LogP contribution is 2.17. The summed E-state index contributed by atoms with van der Waals surface area (Å²) in [6.07, 6.45) is 1.81. The molecular weight excluding hydrogens is 475 g/mol. The first kappa shape index (κ1) is 22.8. The molecule has 152 valence electrons. The van der Waals surface area contributed by atoms with E-state index >= 15 is 0 Å². The minimum absolute atomic E-state index is 0. The Morgan fingerprint density at radius 1 is 0.931 bits per heavy atom. The van der Waals surface area contributed by atoms with Crippen molar-refractivity contribution in [3.63, 3.8) is 0 Å². The second kappa shape index (κ2) is 12.9. The summed E-state index contributed by atoms with van der Waals surface area (Å²) in [5, 5.41) is 6.61. The van der Waals surface area contributed by atoms with Crippen LogP contribution in [0.4, 0.5) is 0 Å². The third-order valence-corrected chi connectivity index (χ3v) is 4.22. The summed E-state index contributed by atoms with van der Waals surface area (Å²) in [5.41, 5.74) is 4.43. The van der Waals surface area contributed by atoms with E-state index in [1.54, 1.807) is 7.05 Å². The van der Waals surface area contributed by atoms with Crippen molar-refractivity contribution in [1.82, 2.24) is 15.6 Å². The van der Waals surface area contributed by atoms with Crippen LogP contribution < -0.4 is 10.6 Å². The van der Waals surface area contributed by atoms with Gasteiger partial charge < -0.3 is 15.4 Å². The average Bonchev–Trinajstić information content (AvgIpc) is 2.77. The number of aliphatic imine (C=N–C) groups is 1. The molecule has 0 aliphatic heterocycles. The smallest absolute Gasteiger partial charge is 0.191 e. The molecule has 0 saturated heterocycles. The fourth-order valence-electron chi connectivity index (χ4n) is 2.79. The van der Waals surface area contributed by atoms with Crippen LogP contribution in [0, 0.1) is 0 Å². The van der Waals surface area contributed by atoms with Crippen LogP contribution in [0.5, 0.6) is 0 Å². The van der Waals surface area contributed by atoms with Crippen LogP contribution in [-0.2, 0) is 17.9 Å². The summed E-state index contributed by atoms with van der Waals surface area (Å²) in [6.45, 7) is 2.62. The van der Waals surface area contributed by atoms with Gasteiger partial charge in [-0.05, 0) is 29.3 Å². The lowest BCUT2D eigenvalue weighted by atomic mass is 10.1. The first-order valence-corrected chi connectivity index (χ1v) is 9.41. The molecule has 3 aromatic rings. The Kier molecular flexibility index (Phi) is 10.2. The maximum Gasteiger partial charge on any atom is 0.191 e. The molecule has 6 heteroatoms. The zero-order valence-corrected chi connectivity index (χ0v) is 18.9. The van der Waals surface area contributed by atoms with Crippen molar-refractivity contribution in [1.29, 1.82) is 0 Å². The molecule has 2 aromatic carbocycles. The Hall–Kier alpha value is -2.45. The molecule has 1 heterocycles. The average molecular weight is 502 g/mol. The predicted molar refractivity (Wildman–Crippen MR) is 129 cm³/mol. The minimum atomic E-state index is 0. The summed E-state index contributed by atoms with van der Waals surface area (Å²) in [4.78, 5) is 8.68. The molecule has 0 unspecified atom stereocenters. The molecule has 3 rings (SSSR count). The van der Waals surface area contributed by atoms with Gasteiger partial charge in [0.2, 0.25) is 0 Å². The maximum absolute atomic E-state index is 5.69. The molecule has 0 spiro atoms. The third-order valence-electron chi connectivity index (χ3n) is 4.22. The van der Waals surface area contributed by atoms with Gasteiger partial charge in [-0.25, -0.2) is 0 Å². The molecule has 0 saturated carbocycles. The van der Waals surface area contributed by atoms with Crippen LogP contribution in [-0.4, -0.2) is 31.1 Å². The number of rotatable bonds is 8. The Bertz CT molecular complexity index is 872. The van der Waals surface area contributed by atoms with Crippen LogP contribution >= 0.6 is 24.0 Å². The zero-order valence-electron chi connectivity index (χ0n) is 16.5. The van der Waals surface area contributed by atoms with E-state index in [-0.39, 0.29) is 24.0 Å². The number of hydrogen-bond donors (Lipinski definition) is 2. The van der Waals surface area contributed by atoms with Gasteiger partial charge in [-0.2, -0.15) is 0 Å². The number of nitrogens with zero attached hydrogens (tertiary/aromatic N) is 2. The SMILES string of the molecule is CN=C(NCCOCc1ccccc1)NCc1cccc(-c2ccccn2)c1.I. The van der Waals surface area contributed by atoms with Gasteiger partial charge in [-0.1, -0.05) is 54.6 Å². The quantitative estimate of drug-likeness (QED) is 0.209. The lowest BCUT2D eigenvalue weighted by molar-refractivity contribution is 0.125. The molecule has 1 aromatic heterocycles. The Balaban J connectivity index is 0.00000300. The number of pyridine rings is 1. The number of ether oxygens (including phenoxy) is 1. The summed E-state index contributed by atoms with van der Waals surface area (Å²) < 4.78 is 5.69. The van der Waals surface area contributed by atoms with Gasteiger partial charge in [0.05, 0.1) is 18.9 Å². The van der Waals surface area contributed by atoms with Crippen LogP contribution in [0.25, 0.3) is 11.3 Å². The van der Waals surface area contributed by atoms with Crippen molar-refractivity contribution >= 4 is 29.9 Å². The lowest BCUT2D eigenvalue weighted by Crippen LogP contribution is -2.38. The molecule has 0 atom stereocenters. The summed E-state index contributed by atoms with van der Waals surface area (Å²) in [7, 11) is 1.77. The highest BCUT2D eigenvalue weighted by atomic mass is 127. The second-order valence-corrected chi connectivity index (χ2v) is 6.31. The molecule has 0 aliphatic carbocycles. The minimum Gasteiger partial charge on any atom is -0.375 e. The first-order chi connectivity index (χ1) is 13.8. The van der Waals surface area contributed by atoms with Gasteiger partial charge in [0.25, 0.3) is 0 Å². The van der Waals surface area contributed by atoms with Crippen LogP contribution in [0.3, 0.4) is 0 Å². The van der Waals surface area contributed by atoms with Crippen molar-refractivity contribution in [3.8, 4) is 11.3 Å². The number of halogens is 1. The molecule has 0 aliphatic rings. The van der Waals surface area contributed by atoms with Crippen molar-refractivity contribution in [2.75, 3.05) is 20.2 Å². The lowest BCUT2D eigenvalue weighted by Gasteiger charge is -2.13. The highest BCUT2D eigenvalue weighted by Gasteiger charge is 2.02. The number of nitrogens with one attached hydrogen (secondary N) is 2. The van der Waals surface area contributed by atoms with Crippen molar-refractivity contribution in [2.24, 2.45) is 4.99 Å². The second-order valence-electron chi connectivity index (χ2n) is 6.31. The third kappa shape index (κ3) is 7.83. The molecule has 0 fully saturated rings. The van der Waals surface area contributed by atoms with E-state index in [4.69, 9.17) is 4.74 Å².